The van der Waals surface area contributed by atoms with Gasteiger partial charge in [-0.1, -0.05) is 26.7 Å². The summed E-state index contributed by atoms with van der Waals surface area (Å²) in [5.41, 5.74) is 0. The molecule has 0 radical (unpaired) electrons. The first-order valence-electron chi connectivity index (χ1n) is 7.05. The largest absolute Gasteiger partial charge is 0.393 e. The molecule has 1 saturated heterocycles. The van der Waals surface area contributed by atoms with Gasteiger partial charge in [-0.2, -0.15) is 0 Å². The average Bonchev–Trinajstić information content (AvgIpc) is 2.20. The van der Waals surface area contributed by atoms with E-state index in [2.05, 4.69) is 18.7 Å². The second kappa shape index (κ2) is 7.29. The minimum atomic E-state index is -0.146. The molecular weight excluding hydrogens is 198 g/mol. The number of hydrogen-bond donors (Lipinski definition) is 1. The highest BCUT2D eigenvalue weighted by Crippen LogP contribution is 2.22. The first-order chi connectivity index (χ1) is 7.63. The Kier molecular flexibility index (Phi) is 6.37. The van der Waals surface area contributed by atoms with Crippen LogP contribution in [0, 0.1) is 5.92 Å². The van der Waals surface area contributed by atoms with E-state index in [1.54, 1.807) is 0 Å². The second-order valence-electron chi connectivity index (χ2n) is 5.62. The van der Waals surface area contributed by atoms with E-state index in [0.29, 0.717) is 6.04 Å². The van der Waals surface area contributed by atoms with Crippen LogP contribution in [-0.4, -0.2) is 35.2 Å². The molecule has 1 fully saturated rings. The molecule has 16 heavy (non-hydrogen) atoms. The van der Waals surface area contributed by atoms with Crippen molar-refractivity contribution in [3.63, 3.8) is 0 Å². The Morgan fingerprint density at radius 1 is 1.31 bits per heavy atom. The topological polar surface area (TPSA) is 23.5 Å². The van der Waals surface area contributed by atoms with Gasteiger partial charge >= 0.3 is 0 Å². The van der Waals surface area contributed by atoms with Crippen LogP contribution in [0.5, 0.6) is 0 Å². The lowest BCUT2D eigenvalue weighted by atomic mass is 9.95. The molecule has 1 aliphatic rings. The molecule has 1 rings (SSSR count). The van der Waals surface area contributed by atoms with Crippen LogP contribution in [0.3, 0.4) is 0 Å². The van der Waals surface area contributed by atoms with Crippen LogP contribution in [0.1, 0.15) is 59.3 Å². The standard InChI is InChI=1S/C14H29NO/c1-4-7-12(2)11-15-9-6-5-8-14(15)10-13(3)16/h12-14,16H,4-11H2,1-3H3. The van der Waals surface area contributed by atoms with Gasteiger partial charge in [0.05, 0.1) is 6.10 Å². The molecule has 0 aromatic carbocycles. The van der Waals surface area contributed by atoms with E-state index in [9.17, 15) is 5.11 Å². The molecule has 0 aromatic heterocycles. The summed E-state index contributed by atoms with van der Waals surface area (Å²) < 4.78 is 0. The van der Waals surface area contributed by atoms with E-state index >= 15 is 0 Å². The van der Waals surface area contributed by atoms with Gasteiger partial charge in [-0.05, 0) is 45.1 Å². The predicted octanol–water partition coefficient (Wildman–Crippen LogP) is 3.05. The van der Waals surface area contributed by atoms with Crippen molar-refractivity contribution < 1.29 is 5.11 Å². The Balaban J connectivity index is 2.40. The van der Waals surface area contributed by atoms with Crippen LogP contribution >= 0.6 is 0 Å². The number of likely N-dealkylation sites (tertiary alicyclic amines) is 1. The average molecular weight is 227 g/mol. The SMILES string of the molecule is CCCC(C)CN1CCCCC1CC(C)O. The highest BCUT2D eigenvalue weighted by molar-refractivity contribution is 4.79. The summed E-state index contributed by atoms with van der Waals surface area (Å²) in [5, 5.41) is 9.53. The number of aliphatic hydroxyl groups is 1. The Hall–Kier alpha value is -0.0800. The van der Waals surface area contributed by atoms with Crippen LogP contribution in [-0.2, 0) is 0 Å². The molecule has 2 heteroatoms. The molecule has 0 aromatic rings. The van der Waals surface area contributed by atoms with Gasteiger partial charge in [-0.15, -0.1) is 0 Å². The molecule has 0 saturated carbocycles. The van der Waals surface area contributed by atoms with Crippen LogP contribution in [0.15, 0.2) is 0 Å². The molecule has 1 aliphatic heterocycles. The molecule has 0 amide bonds. The van der Waals surface area contributed by atoms with E-state index < -0.39 is 0 Å². The Bertz CT molecular complexity index is 182. The molecule has 0 spiro atoms. The van der Waals surface area contributed by atoms with Crippen LogP contribution in [0.2, 0.25) is 0 Å². The van der Waals surface area contributed by atoms with Gasteiger partial charge in [0.1, 0.15) is 0 Å². The fraction of sp³-hybridized carbons (Fsp3) is 1.00. The third kappa shape index (κ3) is 4.84. The molecular formula is C14H29NO. The molecule has 96 valence electrons. The summed E-state index contributed by atoms with van der Waals surface area (Å²) >= 11 is 0. The first-order valence-corrected chi connectivity index (χ1v) is 7.05. The van der Waals surface area contributed by atoms with E-state index in [-0.39, 0.29) is 6.10 Å². The lowest BCUT2D eigenvalue weighted by molar-refractivity contribution is 0.0758. The molecule has 1 heterocycles. The monoisotopic (exact) mass is 227 g/mol. The third-order valence-corrected chi connectivity index (χ3v) is 3.69. The number of aliphatic hydroxyl groups excluding tert-OH is 1. The molecule has 2 nitrogen and oxygen atoms in total. The van der Waals surface area contributed by atoms with E-state index in [1.165, 1.54) is 45.2 Å². The van der Waals surface area contributed by atoms with Crippen molar-refractivity contribution >= 4 is 0 Å². The van der Waals surface area contributed by atoms with Crippen LogP contribution in [0.25, 0.3) is 0 Å². The summed E-state index contributed by atoms with van der Waals surface area (Å²) in [7, 11) is 0. The predicted molar refractivity (Wildman–Crippen MR) is 69.6 cm³/mol. The van der Waals surface area contributed by atoms with Gasteiger partial charge < -0.3 is 10.0 Å². The summed E-state index contributed by atoms with van der Waals surface area (Å²) in [6.07, 6.45) is 7.40. The first kappa shape index (κ1) is 14.0. The highest BCUT2D eigenvalue weighted by atomic mass is 16.3. The normalized spacial score (nSPS) is 26.6. The van der Waals surface area contributed by atoms with Crippen molar-refractivity contribution in [2.45, 2.75) is 71.4 Å². The lowest BCUT2D eigenvalue weighted by Gasteiger charge is -2.38. The lowest BCUT2D eigenvalue weighted by Crippen LogP contribution is -2.43. The number of rotatable bonds is 6. The summed E-state index contributed by atoms with van der Waals surface area (Å²) in [6.45, 7) is 9.01. The van der Waals surface area contributed by atoms with Crippen molar-refractivity contribution in [3.05, 3.63) is 0 Å². The van der Waals surface area contributed by atoms with Crippen molar-refractivity contribution in [1.29, 1.82) is 0 Å². The third-order valence-electron chi connectivity index (χ3n) is 3.69. The van der Waals surface area contributed by atoms with Gasteiger partial charge in [-0.25, -0.2) is 0 Å². The van der Waals surface area contributed by atoms with Gasteiger partial charge in [0.15, 0.2) is 0 Å². The second-order valence-corrected chi connectivity index (χ2v) is 5.62. The minimum absolute atomic E-state index is 0.146. The van der Waals surface area contributed by atoms with Crippen LogP contribution < -0.4 is 0 Å². The van der Waals surface area contributed by atoms with E-state index in [1.807, 2.05) is 6.92 Å². The zero-order chi connectivity index (χ0) is 12.0. The van der Waals surface area contributed by atoms with Gasteiger partial charge in [-0.3, -0.25) is 0 Å². The quantitative estimate of drug-likeness (QED) is 0.754. The number of piperidine rings is 1. The van der Waals surface area contributed by atoms with Crippen LogP contribution in [0.4, 0.5) is 0 Å². The molecule has 0 bridgehead atoms. The Labute approximate surface area is 101 Å². The van der Waals surface area contributed by atoms with Gasteiger partial charge in [0.2, 0.25) is 0 Å². The zero-order valence-corrected chi connectivity index (χ0v) is 11.3. The summed E-state index contributed by atoms with van der Waals surface area (Å²) in [4.78, 5) is 2.62. The smallest absolute Gasteiger partial charge is 0.0527 e. The van der Waals surface area contributed by atoms with E-state index in [4.69, 9.17) is 0 Å². The highest BCUT2D eigenvalue weighted by Gasteiger charge is 2.24. The number of hydrogen-bond acceptors (Lipinski definition) is 2. The fourth-order valence-corrected chi connectivity index (χ4v) is 2.95. The summed E-state index contributed by atoms with van der Waals surface area (Å²) in [5.74, 6) is 0.805. The Morgan fingerprint density at radius 2 is 2.06 bits per heavy atom. The maximum atomic E-state index is 9.53. The zero-order valence-electron chi connectivity index (χ0n) is 11.3. The fourth-order valence-electron chi connectivity index (χ4n) is 2.95. The summed E-state index contributed by atoms with van der Waals surface area (Å²) in [6, 6.07) is 0.632. The maximum absolute atomic E-state index is 9.53. The van der Waals surface area contributed by atoms with Gasteiger partial charge in [0.25, 0.3) is 0 Å². The minimum Gasteiger partial charge on any atom is -0.393 e. The van der Waals surface area contributed by atoms with Crippen molar-refractivity contribution in [3.8, 4) is 0 Å². The van der Waals surface area contributed by atoms with E-state index in [0.717, 1.165) is 12.3 Å². The molecule has 3 atom stereocenters. The Morgan fingerprint density at radius 3 is 2.69 bits per heavy atom. The van der Waals surface area contributed by atoms with Gasteiger partial charge in [0, 0.05) is 12.6 Å². The maximum Gasteiger partial charge on any atom is 0.0527 e. The molecule has 3 unspecified atom stereocenters. The van der Waals surface area contributed by atoms with Crippen molar-refractivity contribution in [2.24, 2.45) is 5.92 Å². The van der Waals surface area contributed by atoms with Crippen molar-refractivity contribution in [1.82, 2.24) is 4.90 Å². The molecule has 0 aliphatic carbocycles. The molecule has 1 N–H and O–H groups in total. The van der Waals surface area contributed by atoms with Crippen molar-refractivity contribution in [2.75, 3.05) is 13.1 Å². The number of nitrogens with zero attached hydrogens (tertiary/aromatic N) is 1.